The number of aromatic nitrogens is 1. The molecule has 0 saturated carbocycles. The molecule has 12 heavy (non-hydrogen) atoms. The zero-order chi connectivity index (χ0) is 8.97. The van der Waals surface area contributed by atoms with Crippen molar-refractivity contribution < 1.29 is 0 Å². The van der Waals surface area contributed by atoms with E-state index in [0.717, 1.165) is 5.69 Å². The second-order valence-corrected chi connectivity index (χ2v) is 3.03. The predicted octanol–water partition coefficient (Wildman–Crippen LogP) is 2.27. The number of pyridine rings is 1. The van der Waals surface area contributed by atoms with Crippen LogP contribution in [0.3, 0.4) is 0 Å². The van der Waals surface area contributed by atoms with Gasteiger partial charge in [-0.3, -0.25) is 4.98 Å². The molecule has 0 aliphatic heterocycles. The van der Waals surface area contributed by atoms with Crippen LogP contribution in [-0.4, -0.2) is 4.98 Å². The molecule has 1 rings (SSSR count). The minimum atomic E-state index is 0.411. The summed E-state index contributed by atoms with van der Waals surface area (Å²) in [6.45, 7) is 4.22. The van der Waals surface area contributed by atoms with Crippen LogP contribution in [0.5, 0.6) is 0 Å². The van der Waals surface area contributed by atoms with Gasteiger partial charge in [0.1, 0.15) is 0 Å². The lowest BCUT2D eigenvalue weighted by Gasteiger charge is -2.07. The molecule has 0 radical (unpaired) electrons. The summed E-state index contributed by atoms with van der Waals surface area (Å²) in [4.78, 5) is 4.17. The SMILES string of the molecule is CC(C)c1cccnc1CC#N. The summed E-state index contributed by atoms with van der Waals surface area (Å²) < 4.78 is 0. The third-order valence-corrected chi connectivity index (χ3v) is 1.79. The summed E-state index contributed by atoms with van der Waals surface area (Å²) in [6.07, 6.45) is 2.15. The van der Waals surface area contributed by atoms with Crippen LogP contribution in [0.25, 0.3) is 0 Å². The lowest BCUT2D eigenvalue weighted by molar-refractivity contribution is 0.834. The van der Waals surface area contributed by atoms with E-state index in [1.807, 2.05) is 12.1 Å². The van der Waals surface area contributed by atoms with Gasteiger partial charge in [0.25, 0.3) is 0 Å². The summed E-state index contributed by atoms with van der Waals surface area (Å²) in [7, 11) is 0. The van der Waals surface area contributed by atoms with Crippen LogP contribution >= 0.6 is 0 Å². The maximum Gasteiger partial charge on any atom is 0.0777 e. The summed E-state index contributed by atoms with van der Waals surface area (Å²) in [5.41, 5.74) is 2.09. The first-order chi connectivity index (χ1) is 5.75. The Balaban J connectivity index is 3.02. The highest BCUT2D eigenvalue weighted by Crippen LogP contribution is 2.16. The summed E-state index contributed by atoms with van der Waals surface area (Å²) in [6, 6.07) is 6.06. The van der Waals surface area contributed by atoms with Gasteiger partial charge in [0.2, 0.25) is 0 Å². The van der Waals surface area contributed by atoms with Crippen molar-refractivity contribution in [1.82, 2.24) is 4.98 Å². The second-order valence-electron chi connectivity index (χ2n) is 3.03. The normalized spacial score (nSPS) is 9.83. The minimum absolute atomic E-state index is 0.411. The lowest BCUT2D eigenvalue weighted by atomic mass is 10.0. The van der Waals surface area contributed by atoms with Gasteiger partial charge in [0.05, 0.1) is 18.2 Å². The Hall–Kier alpha value is -1.36. The van der Waals surface area contributed by atoms with E-state index in [1.54, 1.807) is 6.20 Å². The second kappa shape index (κ2) is 3.87. The van der Waals surface area contributed by atoms with Gasteiger partial charge in [-0.1, -0.05) is 19.9 Å². The molecule has 2 nitrogen and oxygen atoms in total. The fourth-order valence-electron chi connectivity index (χ4n) is 1.20. The number of hydrogen-bond acceptors (Lipinski definition) is 2. The molecule has 1 heterocycles. The smallest absolute Gasteiger partial charge is 0.0777 e. The van der Waals surface area contributed by atoms with Crippen LogP contribution in [0.1, 0.15) is 31.0 Å². The first-order valence-electron chi connectivity index (χ1n) is 4.06. The maximum atomic E-state index is 8.54. The van der Waals surface area contributed by atoms with Gasteiger partial charge in [0.15, 0.2) is 0 Å². The van der Waals surface area contributed by atoms with Crippen LogP contribution in [-0.2, 0) is 6.42 Å². The topological polar surface area (TPSA) is 36.7 Å². The summed E-state index contributed by atoms with van der Waals surface area (Å²) >= 11 is 0. The van der Waals surface area contributed by atoms with E-state index in [9.17, 15) is 0 Å². The Morgan fingerprint density at radius 1 is 1.58 bits per heavy atom. The van der Waals surface area contributed by atoms with Gasteiger partial charge in [-0.2, -0.15) is 5.26 Å². The van der Waals surface area contributed by atoms with Gasteiger partial charge in [-0.15, -0.1) is 0 Å². The highest BCUT2D eigenvalue weighted by molar-refractivity contribution is 5.25. The molecule has 0 aliphatic rings. The fraction of sp³-hybridized carbons (Fsp3) is 0.400. The van der Waals surface area contributed by atoms with E-state index in [4.69, 9.17) is 5.26 Å². The molecule has 0 N–H and O–H groups in total. The average molecular weight is 160 g/mol. The van der Waals surface area contributed by atoms with Gasteiger partial charge in [-0.05, 0) is 17.5 Å². The largest absolute Gasteiger partial charge is 0.260 e. The van der Waals surface area contributed by atoms with Gasteiger partial charge in [-0.25, -0.2) is 0 Å². The van der Waals surface area contributed by atoms with Crippen molar-refractivity contribution in [3.8, 4) is 6.07 Å². The standard InChI is InChI=1S/C10H12N2/c1-8(2)9-4-3-7-12-10(9)5-6-11/h3-4,7-8H,5H2,1-2H3. The molecule has 0 unspecified atom stereocenters. The Morgan fingerprint density at radius 2 is 2.33 bits per heavy atom. The zero-order valence-corrected chi connectivity index (χ0v) is 7.41. The molecule has 0 aromatic carbocycles. The van der Waals surface area contributed by atoms with Gasteiger partial charge >= 0.3 is 0 Å². The highest BCUT2D eigenvalue weighted by atomic mass is 14.7. The van der Waals surface area contributed by atoms with Crippen molar-refractivity contribution in [2.24, 2.45) is 0 Å². The molecule has 0 fully saturated rings. The number of nitriles is 1. The van der Waals surface area contributed by atoms with Crippen LogP contribution < -0.4 is 0 Å². The Kier molecular flexibility index (Phi) is 2.82. The molecule has 1 aromatic heterocycles. The predicted molar refractivity (Wildman–Crippen MR) is 47.6 cm³/mol. The van der Waals surface area contributed by atoms with Crippen molar-refractivity contribution in [3.63, 3.8) is 0 Å². The van der Waals surface area contributed by atoms with Crippen molar-refractivity contribution in [3.05, 3.63) is 29.6 Å². The molecule has 0 spiro atoms. The van der Waals surface area contributed by atoms with Crippen LogP contribution in [0.15, 0.2) is 18.3 Å². The Morgan fingerprint density at radius 3 is 2.92 bits per heavy atom. The average Bonchev–Trinajstić information content (AvgIpc) is 2.05. The molecule has 1 aromatic rings. The minimum Gasteiger partial charge on any atom is -0.260 e. The van der Waals surface area contributed by atoms with E-state index in [2.05, 4.69) is 24.9 Å². The van der Waals surface area contributed by atoms with Crippen LogP contribution in [0, 0.1) is 11.3 Å². The third-order valence-electron chi connectivity index (χ3n) is 1.79. The van der Waals surface area contributed by atoms with Gasteiger partial charge < -0.3 is 0 Å². The van der Waals surface area contributed by atoms with Crippen molar-refractivity contribution in [2.45, 2.75) is 26.2 Å². The molecule has 0 bridgehead atoms. The van der Waals surface area contributed by atoms with E-state index < -0.39 is 0 Å². The summed E-state index contributed by atoms with van der Waals surface area (Å²) in [5.74, 6) is 0.446. The fourth-order valence-corrected chi connectivity index (χ4v) is 1.20. The first-order valence-corrected chi connectivity index (χ1v) is 4.06. The van der Waals surface area contributed by atoms with E-state index in [0.29, 0.717) is 12.3 Å². The van der Waals surface area contributed by atoms with Crippen molar-refractivity contribution in [1.29, 1.82) is 5.26 Å². The highest BCUT2D eigenvalue weighted by Gasteiger charge is 2.05. The van der Waals surface area contributed by atoms with Crippen molar-refractivity contribution >= 4 is 0 Å². The lowest BCUT2D eigenvalue weighted by Crippen LogP contribution is -1.97. The Labute approximate surface area is 72.9 Å². The number of hydrogen-bond donors (Lipinski definition) is 0. The van der Waals surface area contributed by atoms with E-state index >= 15 is 0 Å². The monoisotopic (exact) mass is 160 g/mol. The van der Waals surface area contributed by atoms with Crippen molar-refractivity contribution in [2.75, 3.05) is 0 Å². The maximum absolute atomic E-state index is 8.54. The van der Waals surface area contributed by atoms with Crippen LogP contribution in [0.2, 0.25) is 0 Å². The number of nitrogens with zero attached hydrogens (tertiary/aromatic N) is 2. The molecule has 0 atom stereocenters. The Bertz CT molecular complexity index is 297. The van der Waals surface area contributed by atoms with E-state index in [1.165, 1.54) is 5.56 Å². The molecule has 0 saturated heterocycles. The molecule has 2 heteroatoms. The summed E-state index contributed by atoms with van der Waals surface area (Å²) in [5, 5.41) is 8.54. The number of rotatable bonds is 2. The molecule has 62 valence electrons. The molecule has 0 amide bonds. The zero-order valence-electron chi connectivity index (χ0n) is 7.41. The third kappa shape index (κ3) is 1.82. The van der Waals surface area contributed by atoms with E-state index in [-0.39, 0.29) is 0 Å². The quantitative estimate of drug-likeness (QED) is 0.665. The first kappa shape index (κ1) is 8.73. The molecule has 0 aliphatic carbocycles. The molecular formula is C10H12N2. The van der Waals surface area contributed by atoms with Gasteiger partial charge in [0, 0.05) is 6.20 Å². The van der Waals surface area contributed by atoms with Crippen LogP contribution in [0.4, 0.5) is 0 Å². The molecular weight excluding hydrogens is 148 g/mol.